The lowest BCUT2D eigenvalue weighted by Crippen LogP contribution is -2.70. The van der Waals surface area contributed by atoms with Gasteiger partial charge >= 0.3 is 42.0 Å². The van der Waals surface area contributed by atoms with Gasteiger partial charge in [-0.1, -0.05) is 28.1 Å². The van der Waals surface area contributed by atoms with Crippen molar-refractivity contribution < 1.29 is 75.4 Å². The van der Waals surface area contributed by atoms with E-state index in [0.29, 0.717) is 12.1 Å². The first-order valence-corrected chi connectivity index (χ1v) is 8.51. The molecule has 1 N–H and O–H groups in total. The summed E-state index contributed by atoms with van der Waals surface area (Å²) in [6, 6.07) is 1.59. The predicted molar refractivity (Wildman–Crippen MR) is 79.5 cm³/mol. The summed E-state index contributed by atoms with van der Waals surface area (Å²) in [4.78, 5) is 0. The molecule has 0 heterocycles. The van der Waals surface area contributed by atoms with Crippen molar-refractivity contribution >= 4 is 15.9 Å². The minimum Gasteiger partial charge on any atom is -0.376 e. The minimum atomic E-state index is -8.27. The van der Waals surface area contributed by atoms with Gasteiger partial charge in [0.2, 0.25) is 0 Å². The Kier molecular flexibility index (Phi) is 7.21. The number of hydrogen-bond acceptors (Lipinski definition) is 1. The second-order valence-electron chi connectivity index (χ2n) is 6.54. The molecule has 18 heteroatoms. The summed E-state index contributed by atoms with van der Waals surface area (Å²) >= 11 is 2.66. The third kappa shape index (κ3) is 4.48. The van der Waals surface area contributed by atoms with E-state index in [0.717, 1.165) is 0 Å². The molecule has 1 rings (SSSR count). The first kappa shape index (κ1) is 29.6. The van der Waals surface area contributed by atoms with Gasteiger partial charge in [-0.05, 0) is 17.7 Å². The van der Waals surface area contributed by atoms with Crippen molar-refractivity contribution in [2.75, 3.05) is 0 Å². The van der Waals surface area contributed by atoms with E-state index < -0.39 is 59.6 Å². The van der Waals surface area contributed by atoms with Gasteiger partial charge in [0.15, 0.2) is 5.60 Å². The smallest absolute Gasteiger partial charge is 0.376 e. The first-order valence-electron chi connectivity index (χ1n) is 7.71. The van der Waals surface area contributed by atoms with Crippen molar-refractivity contribution in [2.24, 2.45) is 0 Å². The lowest BCUT2D eigenvalue weighted by Gasteiger charge is -2.42. The quantitative estimate of drug-likeness (QED) is 0.332. The average molecular weight is 587 g/mol. The Hall–Kier alpha value is -1.46. The molecule has 0 saturated heterocycles. The van der Waals surface area contributed by atoms with Gasteiger partial charge in [0.05, 0.1) is 6.42 Å². The summed E-state index contributed by atoms with van der Waals surface area (Å²) in [7, 11) is 0. The van der Waals surface area contributed by atoms with Crippen molar-refractivity contribution in [3.8, 4) is 0 Å². The van der Waals surface area contributed by atoms with Crippen LogP contribution in [0.5, 0.6) is 0 Å². The highest BCUT2D eigenvalue weighted by Gasteiger charge is 2.91. The standard InChI is InChI=1S/C15H7BrF16O/c16-7-3-1-6(2-4-7)8(33,14(27,28)29)5-9(17,18)10(19,20)11(21,22)12(23,24)13(25,26)15(30,31)32/h1-4,33H,5H2. The topological polar surface area (TPSA) is 20.2 Å². The number of rotatable bonds is 7. The van der Waals surface area contributed by atoms with Crippen molar-refractivity contribution in [1.29, 1.82) is 0 Å². The van der Waals surface area contributed by atoms with Crippen LogP contribution in [0.4, 0.5) is 70.2 Å². The molecule has 1 aromatic carbocycles. The molecule has 33 heavy (non-hydrogen) atoms. The summed E-state index contributed by atoms with van der Waals surface area (Å²) in [6.45, 7) is 0. The molecule has 1 atom stereocenters. The van der Waals surface area contributed by atoms with Crippen LogP contribution in [0.3, 0.4) is 0 Å². The Morgan fingerprint density at radius 3 is 1.24 bits per heavy atom. The Balaban J connectivity index is 3.65. The Bertz CT molecular complexity index is 841. The maximum Gasteiger partial charge on any atom is 0.460 e. The van der Waals surface area contributed by atoms with E-state index in [2.05, 4.69) is 15.9 Å². The first-order chi connectivity index (χ1) is 14.2. The number of hydrogen-bond donors (Lipinski definition) is 1. The second kappa shape index (κ2) is 8.05. The highest BCUT2D eigenvalue weighted by Crippen LogP contribution is 2.62. The summed E-state index contributed by atoms with van der Waals surface area (Å²) in [5.74, 6) is -39.6. The molecular formula is C15H7BrF16O. The van der Waals surface area contributed by atoms with E-state index in [1.54, 1.807) is 0 Å². The summed E-state index contributed by atoms with van der Waals surface area (Å²) < 4.78 is 210. The van der Waals surface area contributed by atoms with Gasteiger partial charge in [0, 0.05) is 4.47 Å². The fraction of sp³-hybridized carbons (Fsp3) is 0.600. The average Bonchev–Trinajstić information content (AvgIpc) is 2.59. The molecule has 0 aromatic heterocycles. The van der Waals surface area contributed by atoms with Crippen LogP contribution in [0, 0.1) is 0 Å². The van der Waals surface area contributed by atoms with E-state index in [4.69, 9.17) is 0 Å². The number of benzene rings is 1. The van der Waals surface area contributed by atoms with Crippen LogP contribution in [-0.2, 0) is 5.60 Å². The SMILES string of the molecule is OC(CC(F)(F)C(F)(F)C(F)(F)C(F)(F)C(F)(F)C(F)(F)F)(c1ccc(Br)cc1)C(F)(F)F. The van der Waals surface area contributed by atoms with Gasteiger partial charge < -0.3 is 5.11 Å². The van der Waals surface area contributed by atoms with Crippen molar-refractivity contribution in [3.63, 3.8) is 0 Å². The Morgan fingerprint density at radius 1 is 0.545 bits per heavy atom. The van der Waals surface area contributed by atoms with E-state index >= 15 is 0 Å². The molecule has 0 saturated carbocycles. The van der Waals surface area contributed by atoms with E-state index in [-0.39, 0.29) is 16.6 Å². The minimum absolute atomic E-state index is 0.0755. The van der Waals surface area contributed by atoms with E-state index in [9.17, 15) is 75.4 Å². The molecule has 0 spiro atoms. The molecule has 0 fully saturated rings. The fourth-order valence-corrected chi connectivity index (χ4v) is 2.59. The van der Waals surface area contributed by atoms with Crippen molar-refractivity contribution in [1.82, 2.24) is 0 Å². The molecule has 0 radical (unpaired) electrons. The van der Waals surface area contributed by atoms with Gasteiger partial charge in [0.25, 0.3) is 0 Å². The number of aliphatic hydroxyl groups is 1. The van der Waals surface area contributed by atoms with Gasteiger partial charge in [-0.3, -0.25) is 0 Å². The highest BCUT2D eigenvalue weighted by atomic mass is 79.9. The molecule has 192 valence electrons. The van der Waals surface area contributed by atoms with Crippen LogP contribution in [0.2, 0.25) is 0 Å². The Labute approximate surface area is 180 Å². The van der Waals surface area contributed by atoms with Crippen LogP contribution in [-0.4, -0.2) is 47.1 Å². The molecule has 1 aromatic rings. The van der Waals surface area contributed by atoms with E-state index in [1.807, 2.05) is 0 Å². The molecular weight excluding hydrogens is 580 g/mol. The maximum absolute atomic E-state index is 13.9. The predicted octanol–water partition coefficient (Wildman–Crippen LogP) is 7.33. The van der Waals surface area contributed by atoms with Gasteiger partial charge in [-0.2, -0.15) is 70.2 Å². The molecule has 1 nitrogen and oxygen atoms in total. The summed E-state index contributed by atoms with van der Waals surface area (Å²) in [5.41, 5.74) is -6.87. The van der Waals surface area contributed by atoms with Crippen molar-refractivity contribution in [3.05, 3.63) is 34.3 Å². The van der Waals surface area contributed by atoms with Gasteiger partial charge in [0.1, 0.15) is 0 Å². The van der Waals surface area contributed by atoms with Gasteiger partial charge in [-0.15, -0.1) is 0 Å². The molecule has 1 unspecified atom stereocenters. The Morgan fingerprint density at radius 2 is 0.909 bits per heavy atom. The monoisotopic (exact) mass is 586 g/mol. The number of halogens is 17. The normalized spacial score (nSPS) is 17.2. The lowest BCUT2D eigenvalue weighted by molar-refractivity contribution is -0.443. The van der Waals surface area contributed by atoms with Crippen LogP contribution in [0.15, 0.2) is 28.7 Å². The summed E-state index contributed by atoms with van der Waals surface area (Å²) in [5, 5.41) is 9.65. The second-order valence-corrected chi connectivity index (χ2v) is 7.46. The van der Waals surface area contributed by atoms with Crippen molar-refractivity contribution in [2.45, 2.75) is 54.0 Å². The summed E-state index contributed by atoms with van der Waals surface area (Å²) in [6.07, 6.45) is -17.9. The zero-order valence-corrected chi connectivity index (χ0v) is 16.5. The maximum atomic E-state index is 13.9. The van der Waals surface area contributed by atoms with Crippen LogP contribution in [0.1, 0.15) is 12.0 Å². The molecule has 0 aliphatic rings. The third-order valence-corrected chi connectivity index (χ3v) is 4.80. The zero-order valence-electron chi connectivity index (χ0n) is 14.9. The number of alkyl halides is 16. The van der Waals surface area contributed by atoms with E-state index in [1.165, 1.54) is 0 Å². The van der Waals surface area contributed by atoms with Gasteiger partial charge in [-0.25, -0.2) is 0 Å². The third-order valence-electron chi connectivity index (χ3n) is 4.27. The molecule has 0 amide bonds. The molecule has 0 bridgehead atoms. The fourth-order valence-electron chi connectivity index (χ4n) is 2.33. The lowest BCUT2D eigenvalue weighted by atomic mass is 9.82. The van der Waals surface area contributed by atoms with Crippen LogP contribution < -0.4 is 0 Å². The highest BCUT2D eigenvalue weighted by molar-refractivity contribution is 9.10. The van der Waals surface area contributed by atoms with Crippen LogP contribution in [0.25, 0.3) is 0 Å². The van der Waals surface area contributed by atoms with Crippen LogP contribution >= 0.6 is 15.9 Å². The largest absolute Gasteiger partial charge is 0.460 e. The molecule has 0 aliphatic carbocycles. The zero-order chi connectivity index (χ0) is 26.7. The molecule has 0 aliphatic heterocycles.